The maximum atomic E-state index is 12.1. The molecule has 1 N–H and O–H groups in total. The van der Waals surface area contributed by atoms with E-state index in [1.54, 1.807) is 0 Å². The van der Waals surface area contributed by atoms with Gasteiger partial charge in [0.25, 0.3) is 0 Å². The molecule has 0 aliphatic carbocycles. The molecule has 0 aliphatic rings. The Balaban J connectivity index is 1.94. The first-order valence-corrected chi connectivity index (χ1v) is 7.93. The van der Waals surface area contributed by atoms with E-state index in [0.717, 1.165) is 14.8 Å². The molecular formula is C18H14INO2. The van der Waals surface area contributed by atoms with E-state index in [1.807, 2.05) is 61.7 Å². The summed E-state index contributed by atoms with van der Waals surface area (Å²) in [5.41, 5.74) is 2.69. The number of hydrogen-bond acceptors (Lipinski definition) is 3. The molecular weight excluding hydrogens is 389 g/mol. The van der Waals surface area contributed by atoms with Gasteiger partial charge in [-0.05, 0) is 64.6 Å². The van der Waals surface area contributed by atoms with Crippen molar-refractivity contribution < 1.29 is 4.42 Å². The van der Waals surface area contributed by atoms with Crippen LogP contribution < -0.4 is 10.7 Å². The Bertz CT molecular complexity index is 895. The molecule has 3 nitrogen and oxygen atoms in total. The van der Waals surface area contributed by atoms with Gasteiger partial charge in [0.05, 0.1) is 5.39 Å². The minimum Gasteiger partial charge on any atom is -0.456 e. The lowest BCUT2D eigenvalue weighted by Crippen LogP contribution is -2.00. The average molecular weight is 403 g/mol. The molecule has 22 heavy (non-hydrogen) atoms. The highest BCUT2D eigenvalue weighted by molar-refractivity contribution is 14.1. The van der Waals surface area contributed by atoms with Crippen LogP contribution in [0.5, 0.6) is 0 Å². The molecule has 1 heterocycles. The van der Waals surface area contributed by atoms with E-state index in [-0.39, 0.29) is 5.43 Å². The van der Waals surface area contributed by atoms with Gasteiger partial charge in [0.1, 0.15) is 11.3 Å². The van der Waals surface area contributed by atoms with Crippen LogP contribution in [0.1, 0.15) is 11.3 Å². The lowest BCUT2D eigenvalue weighted by molar-refractivity contribution is 0.591. The van der Waals surface area contributed by atoms with Crippen LogP contribution in [0.15, 0.2) is 57.7 Å². The summed E-state index contributed by atoms with van der Waals surface area (Å²) in [5.74, 6) is 0.552. The highest BCUT2D eigenvalue weighted by Gasteiger charge is 2.03. The summed E-state index contributed by atoms with van der Waals surface area (Å²) >= 11 is 2.18. The molecule has 1 aromatic heterocycles. The number of rotatable bonds is 3. The molecule has 0 aliphatic heterocycles. The van der Waals surface area contributed by atoms with Gasteiger partial charge in [-0.2, -0.15) is 0 Å². The predicted octanol–water partition coefficient (Wildman–Crippen LogP) is 4.61. The van der Waals surface area contributed by atoms with E-state index in [2.05, 4.69) is 27.9 Å². The second-order valence-corrected chi connectivity index (χ2v) is 6.10. The summed E-state index contributed by atoms with van der Waals surface area (Å²) in [7, 11) is 1.88. The summed E-state index contributed by atoms with van der Waals surface area (Å²) in [6, 6.07) is 15.1. The number of benzene rings is 2. The summed E-state index contributed by atoms with van der Waals surface area (Å²) < 4.78 is 6.78. The van der Waals surface area contributed by atoms with E-state index in [1.165, 1.54) is 6.07 Å². The maximum absolute atomic E-state index is 12.1. The number of halogens is 1. The molecule has 0 atom stereocenters. The Labute approximate surface area is 141 Å². The fourth-order valence-electron chi connectivity index (χ4n) is 2.17. The molecule has 0 amide bonds. The summed E-state index contributed by atoms with van der Waals surface area (Å²) in [5, 5.41) is 3.69. The van der Waals surface area contributed by atoms with Gasteiger partial charge in [0.2, 0.25) is 0 Å². The smallest absolute Gasteiger partial charge is 0.193 e. The average Bonchev–Trinajstić information content (AvgIpc) is 2.54. The van der Waals surface area contributed by atoms with Crippen LogP contribution in [-0.4, -0.2) is 7.05 Å². The zero-order valence-corrected chi connectivity index (χ0v) is 14.1. The van der Waals surface area contributed by atoms with Crippen molar-refractivity contribution in [3.63, 3.8) is 0 Å². The van der Waals surface area contributed by atoms with Crippen molar-refractivity contribution in [3.05, 3.63) is 73.6 Å². The molecule has 0 bridgehead atoms. The third-order valence-electron chi connectivity index (χ3n) is 3.35. The van der Waals surface area contributed by atoms with Crippen LogP contribution in [0.2, 0.25) is 0 Å². The van der Waals surface area contributed by atoms with Gasteiger partial charge in [-0.3, -0.25) is 4.79 Å². The Morgan fingerprint density at radius 1 is 1.05 bits per heavy atom. The fourth-order valence-corrected chi connectivity index (χ4v) is 2.66. The van der Waals surface area contributed by atoms with Crippen LogP contribution in [0, 0.1) is 3.57 Å². The van der Waals surface area contributed by atoms with Gasteiger partial charge in [-0.15, -0.1) is 0 Å². The normalized spacial score (nSPS) is 11.2. The number of hydrogen-bond donors (Lipinski definition) is 1. The second kappa shape index (κ2) is 6.36. The lowest BCUT2D eigenvalue weighted by atomic mass is 10.1. The van der Waals surface area contributed by atoms with E-state index in [0.29, 0.717) is 16.7 Å². The Kier molecular flexibility index (Phi) is 4.29. The van der Waals surface area contributed by atoms with Crippen molar-refractivity contribution >= 4 is 51.4 Å². The molecule has 0 unspecified atom stereocenters. The van der Waals surface area contributed by atoms with Crippen LogP contribution in [0.25, 0.3) is 23.1 Å². The van der Waals surface area contributed by atoms with Crippen LogP contribution >= 0.6 is 22.6 Å². The zero-order valence-electron chi connectivity index (χ0n) is 12.0. The van der Waals surface area contributed by atoms with Crippen molar-refractivity contribution in [2.75, 3.05) is 12.4 Å². The third kappa shape index (κ3) is 3.22. The minimum absolute atomic E-state index is 0.0232. The van der Waals surface area contributed by atoms with Gasteiger partial charge >= 0.3 is 0 Å². The molecule has 0 saturated heterocycles. The molecule has 4 heteroatoms. The first-order valence-electron chi connectivity index (χ1n) is 6.85. The van der Waals surface area contributed by atoms with E-state index < -0.39 is 0 Å². The van der Waals surface area contributed by atoms with Crippen molar-refractivity contribution in [2.45, 2.75) is 0 Å². The zero-order chi connectivity index (χ0) is 15.5. The molecule has 0 radical (unpaired) electrons. The molecule has 0 spiro atoms. The molecule has 3 aromatic rings. The van der Waals surface area contributed by atoms with Crippen LogP contribution in [0.4, 0.5) is 5.69 Å². The third-order valence-corrected chi connectivity index (χ3v) is 4.02. The van der Waals surface area contributed by atoms with Gasteiger partial charge in [0.15, 0.2) is 5.43 Å². The Hall–Kier alpha value is -2.08. The SMILES string of the molecule is CNc1ccc(C=Cc2cc(=O)c3cc(I)ccc3o2)cc1. The van der Waals surface area contributed by atoms with Gasteiger partial charge in [-0.1, -0.05) is 18.2 Å². The highest BCUT2D eigenvalue weighted by Crippen LogP contribution is 2.17. The molecule has 0 saturated carbocycles. The van der Waals surface area contributed by atoms with Crippen molar-refractivity contribution in [2.24, 2.45) is 0 Å². The predicted molar refractivity (Wildman–Crippen MR) is 100 cm³/mol. The monoisotopic (exact) mass is 403 g/mol. The molecule has 0 fully saturated rings. The largest absolute Gasteiger partial charge is 0.456 e. The summed E-state index contributed by atoms with van der Waals surface area (Å²) in [6.45, 7) is 0. The molecule has 110 valence electrons. The number of fused-ring (bicyclic) bond motifs is 1. The molecule has 3 rings (SSSR count). The van der Waals surface area contributed by atoms with Gasteiger partial charge < -0.3 is 9.73 Å². The lowest BCUT2D eigenvalue weighted by Gasteiger charge is -2.01. The standard InChI is InChI=1S/C18H14INO2/c1-20-14-6-2-12(3-7-14)4-8-15-11-17(21)16-10-13(19)5-9-18(16)22-15/h2-11,20H,1H3. The summed E-state index contributed by atoms with van der Waals surface area (Å²) in [4.78, 5) is 12.1. The second-order valence-electron chi connectivity index (χ2n) is 4.86. The minimum atomic E-state index is -0.0232. The fraction of sp³-hybridized carbons (Fsp3) is 0.0556. The van der Waals surface area contributed by atoms with Crippen LogP contribution in [-0.2, 0) is 0 Å². The topological polar surface area (TPSA) is 42.2 Å². The number of nitrogens with one attached hydrogen (secondary N) is 1. The van der Waals surface area contributed by atoms with E-state index >= 15 is 0 Å². The van der Waals surface area contributed by atoms with Crippen molar-refractivity contribution in [1.29, 1.82) is 0 Å². The molecule has 2 aromatic carbocycles. The Morgan fingerprint density at radius 3 is 2.55 bits per heavy atom. The summed E-state index contributed by atoms with van der Waals surface area (Å²) in [6.07, 6.45) is 3.74. The number of anilines is 1. The first-order chi connectivity index (χ1) is 10.7. The quantitative estimate of drug-likeness (QED) is 0.650. The van der Waals surface area contributed by atoms with Crippen LogP contribution in [0.3, 0.4) is 0 Å². The van der Waals surface area contributed by atoms with Crippen molar-refractivity contribution in [3.8, 4) is 0 Å². The highest BCUT2D eigenvalue weighted by atomic mass is 127. The van der Waals surface area contributed by atoms with Gasteiger partial charge in [-0.25, -0.2) is 0 Å². The Morgan fingerprint density at radius 2 is 1.82 bits per heavy atom. The van der Waals surface area contributed by atoms with E-state index in [9.17, 15) is 4.79 Å². The van der Waals surface area contributed by atoms with Gasteiger partial charge in [0, 0.05) is 22.4 Å². The van der Waals surface area contributed by atoms with Crippen molar-refractivity contribution in [1.82, 2.24) is 0 Å². The maximum Gasteiger partial charge on any atom is 0.193 e. The van der Waals surface area contributed by atoms with E-state index in [4.69, 9.17) is 4.42 Å². The first kappa shape index (κ1) is 14.8.